The number of aromatic nitrogens is 2. The van der Waals surface area contributed by atoms with E-state index >= 15 is 0 Å². The van der Waals surface area contributed by atoms with Crippen LogP contribution in [-0.4, -0.2) is 40.1 Å². The Labute approximate surface area is 150 Å². The summed E-state index contributed by atoms with van der Waals surface area (Å²) < 4.78 is 7.80. The number of nitrogens with zero attached hydrogens (tertiary/aromatic N) is 3. The quantitative estimate of drug-likeness (QED) is 0.724. The molecule has 25 heavy (non-hydrogen) atoms. The van der Waals surface area contributed by atoms with Gasteiger partial charge < -0.3 is 14.2 Å². The number of hydrogen-bond donors (Lipinski definition) is 0. The van der Waals surface area contributed by atoms with Crippen molar-refractivity contribution in [1.82, 2.24) is 14.5 Å². The lowest BCUT2D eigenvalue weighted by Crippen LogP contribution is -2.42. The van der Waals surface area contributed by atoms with Gasteiger partial charge in [-0.3, -0.25) is 4.79 Å². The zero-order valence-corrected chi connectivity index (χ0v) is 14.8. The Morgan fingerprint density at radius 2 is 1.96 bits per heavy atom. The van der Waals surface area contributed by atoms with Crippen LogP contribution in [-0.2, 0) is 4.74 Å². The second-order valence-corrected chi connectivity index (χ2v) is 7.00. The number of aryl methyl sites for hydroxylation is 1. The lowest BCUT2D eigenvalue weighted by molar-refractivity contribution is -0.0226. The Morgan fingerprint density at radius 1 is 1.20 bits per heavy atom. The van der Waals surface area contributed by atoms with Gasteiger partial charge in [-0.2, -0.15) is 0 Å². The van der Waals surface area contributed by atoms with Crippen LogP contribution in [0.3, 0.4) is 0 Å². The molecule has 0 unspecified atom stereocenters. The van der Waals surface area contributed by atoms with E-state index in [1.807, 2.05) is 71.2 Å². The number of amides is 1. The molecule has 1 aliphatic rings. The van der Waals surface area contributed by atoms with E-state index < -0.39 is 0 Å². The fourth-order valence-corrected chi connectivity index (χ4v) is 4.00. The Kier molecular flexibility index (Phi) is 4.38. The normalized spacial score (nSPS) is 17.6. The average molecular weight is 353 g/mol. The number of carbonyl (C=O) groups excluding carboxylic acids is 1. The molecule has 0 radical (unpaired) electrons. The lowest BCUT2D eigenvalue weighted by Gasteiger charge is -2.33. The minimum Gasteiger partial charge on any atom is -0.370 e. The molecule has 1 fully saturated rings. The molecular weight excluding hydrogens is 334 g/mol. The van der Waals surface area contributed by atoms with Gasteiger partial charge in [0.05, 0.1) is 18.8 Å². The van der Waals surface area contributed by atoms with Crippen molar-refractivity contribution in [2.75, 3.05) is 19.7 Å². The molecule has 6 heteroatoms. The van der Waals surface area contributed by atoms with Crippen molar-refractivity contribution in [3.05, 3.63) is 71.0 Å². The number of rotatable bonds is 3. The fourth-order valence-electron chi connectivity index (χ4n) is 3.00. The van der Waals surface area contributed by atoms with Gasteiger partial charge >= 0.3 is 0 Å². The molecule has 2 aromatic heterocycles. The van der Waals surface area contributed by atoms with Gasteiger partial charge in [-0.05, 0) is 24.6 Å². The molecule has 1 atom stereocenters. The van der Waals surface area contributed by atoms with Crippen molar-refractivity contribution in [3.63, 3.8) is 0 Å². The highest BCUT2D eigenvalue weighted by molar-refractivity contribution is 7.16. The van der Waals surface area contributed by atoms with Crippen molar-refractivity contribution in [1.29, 1.82) is 0 Å². The summed E-state index contributed by atoms with van der Waals surface area (Å²) in [5, 5.41) is 0.818. The molecule has 5 nitrogen and oxygen atoms in total. The molecule has 0 bridgehead atoms. The average Bonchev–Trinajstić information content (AvgIpc) is 3.31. The van der Waals surface area contributed by atoms with Gasteiger partial charge in [-0.1, -0.05) is 41.7 Å². The summed E-state index contributed by atoms with van der Waals surface area (Å²) in [6.07, 6.45) is 3.80. The second kappa shape index (κ2) is 6.82. The Hall–Kier alpha value is -2.44. The van der Waals surface area contributed by atoms with Crippen LogP contribution in [0.4, 0.5) is 0 Å². The summed E-state index contributed by atoms with van der Waals surface area (Å²) >= 11 is 1.44. The Balaban J connectivity index is 1.54. The van der Waals surface area contributed by atoms with E-state index in [-0.39, 0.29) is 12.0 Å². The Morgan fingerprint density at radius 3 is 2.72 bits per heavy atom. The molecule has 1 amide bonds. The van der Waals surface area contributed by atoms with Gasteiger partial charge in [-0.15, -0.1) is 0 Å². The van der Waals surface area contributed by atoms with E-state index in [9.17, 15) is 4.79 Å². The predicted octanol–water partition coefficient (Wildman–Crippen LogP) is 3.46. The number of ether oxygens (including phenoxy) is 1. The summed E-state index contributed by atoms with van der Waals surface area (Å²) in [5.41, 5.74) is 1.88. The monoisotopic (exact) mass is 353 g/mol. The number of carbonyl (C=O) groups is 1. The molecule has 1 aliphatic heterocycles. The standard InChI is InChI=1S/C19H19N3O2S/c1-14-17(25-19(20-14)21-9-5-6-10-21)18(23)22-11-12-24-16(13-22)15-7-3-2-4-8-15/h2-10,16H,11-13H2,1H3/t16-/m0/s1. The van der Waals surface area contributed by atoms with Gasteiger partial charge in [0.15, 0.2) is 5.13 Å². The van der Waals surface area contributed by atoms with Crippen LogP contribution in [0.5, 0.6) is 0 Å². The lowest BCUT2D eigenvalue weighted by atomic mass is 10.1. The highest BCUT2D eigenvalue weighted by Gasteiger charge is 2.28. The molecule has 4 rings (SSSR count). The second-order valence-electron chi connectivity index (χ2n) is 6.02. The van der Waals surface area contributed by atoms with Crippen LogP contribution < -0.4 is 0 Å². The summed E-state index contributed by atoms with van der Waals surface area (Å²) in [6.45, 7) is 3.62. The molecule has 3 aromatic rings. The maximum atomic E-state index is 13.0. The van der Waals surface area contributed by atoms with Crippen molar-refractivity contribution >= 4 is 17.2 Å². The first-order valence-electron chi connectivity index (χ1n) is 8.29. The van der Waals surface area contributed by atoms with Crippen LogP contribution in [0.2, 0.25) is 0 Å². The van der Waals surface area contributed by atoms with E-state index in [1.54, 1.807) is 0 Å². The highest BCUT2D eigenvalue weighted by Crippen LogP contribution is 2.27. The van der Waals surface area contributed by atoms with E-state index in [0.29, 0.717) is 24.6 Å². The number of morpholine rings is 1. The number of benzene rings is 1. The molecule has 3 heterocycles. The first kappa shape index (κ1) is 16.1. The van der Waals surface area contributed by atoms with Crippen LogP contribution in [0.15, 0.2) is 54.9 Å². The molecule has 128 valence electrons. The van der Waals surface area contributed by atoms with Crippen LogP contribution in [0.1, 0.15) is 27.0 Å². The molecule has 0 spiro atoms. The zero-order valence-electron chi connectivity index (χ0n) is 14.0. The zero-order chi connectivity index (χ0) is 17.2. The fraction of sp³-hybridized carbons (Fsp3) is 0.263. The largest absolute Gasteiger partial charge is 0.370 e. The van der Waals surface area contributed by atoms with E-state index in [2.05, 4.69) is 4.98 Å². The third-order valence-corrected chi connectivity index (χ3v) is 5.49. The molecule has 1 aromatic carbocycles. The SMILES string of the molecule is Cc1nc(-n2cccc2)sc1C(=O)N1CCO[C@H](c2ccccc2)C1. The van der Waals surface area contributed by atoms with Crippen molar-refractivity contribution in [2.45, 2.75) is 13.0 Å². The van der Waals surface area contributed by atoms with E-state index in [1.165, 1.54) is 11.3 Å². The van der Waals surface area contributed by atoms with Crippen molar-refractivity contribution in [3.8, 4) is 5.13 Å². The van der Waals surface area contributed by atoms with E-state index in [0.717, 1.165) is 16.4 Å². The minimum atomic E-state index is -0.0731. The van der Waals surface area contributed by atoms with Gasteiger partial charge in [0.2, 0.25) is 0 Å². The molecule has 1 saturated heterocycles. The Bertz CT molecular complexity index is 858. The number of thiazole rings is 1. The van der Waals surface area contributed by atoms with Crippen LogP contribution in [0, 0.1) is 6.92 Å². The topological polar surface area (TPSA) is 47.4 Å². The third-order valence-electron chi connectivity index (χ3n) is 4.33. The van der Waals surface area contributed by atoms with Gasteiger partial charge in [-0.25, -0.2) is 4.98 Å². The molecular formula is C19H19N3O2S. The summed E-state index contributed by atoms with van der Waals surface area (Å²) in [5.74, 6) is 0.0395. The van der Waals surface area contributed by atoms with Crippen molar-refractivity contribution in [2.24, 2.45) is 0 Å². The van der Waals surface area contributed by atoms with Crippen LogP contribution >= 0.6 is 11.3 Å². The van der Waals surface area contributed by atoms with Crippen molar-refractivity contribution < 1.29 is 9.53 Å². The maximum absolute atomic E-state index is 13.0. The smallest absolute Gasteiger partial charge is 0.266 e. The predicted molar refractivity (Wildman–Crippen MR) is 97.2 cm³/mol. The van der Waals surface area contributed by atoms with Gasteiger partial charge in [0.25, 0.3) is 5.91 Å². The number of hydrogen-bond acceptors (Lipinski definition) is 4. The third kappa shape index (κ3) is 3.23. The van der Waals surface area contributed by atoms with Crippen LogP contribution in [0.25, 0.3) is 5.13 Å². The maximum Gasteiger partial charge on any atom is 0.266 e. The van der Waals surface area contributed by atoms with E-state index in [4.69, 9.17) is 4.74 Å². The summed E-state index contributed by atoms with van der Waals surface area (Å²) in [4.78, 5) is 20.1. The highest BCUT2D eigenvalue weighted by atomic mass is 32.1. The summed E-state index contributed by atoms with van der Waals surface area (Å²) in [7, 11) is 0. The molecule has 0 aliphatic carbocycles. The minimum absolute atomic E-state index is 0.0395. The van der Waals surface area contributed by atoms with Gasteiger partial charge in [0, 0.05) is 18.9 Å². The van der Waals surface area contributed by atoms with Gasteiger partial charge in [0.1, 0.15) is 11.0 Å². The molecule has 0 saturated carbocycles. The first-order chi connectivity index (χ1) is 12.2. The first-order valence-corrected chi connectivity index (χ1v) is 9.10. The summed E-state index contributed by atoms with van der Waals surface area (Å²) in [6, 6.07) is 14.0. The molecule has 0 N–H and O–H groups in total.